The van der Waals surface area contributed by atoms with Gasteiger partial charge in [0, 0.05) is 24.6 Å². The Hall–Kier alpha value is -1.91. The Morgan fingerprint density at radius 1 is 1.02 bits per heavy atom. The topological polar surface area (TPSA) is 91.0 Å². The van der Waals surface area contributed by atoms with Crippen LogP contribution in [0.25, 0.3) is 0 Å². The van der Waals surface area contributed by atoms with Crippen LogP contribution >= 0.6 is 23.5 Å². The summed E-state index contributed by atoms with van der Waals surface area (Å²) in [6.45, 7) is 9.09. The molecule has 0 radical (unpaired) electrons. The maximum atomic E-state index is 13.5. The van der Waals surface area contributed by atoms with Crippen LogP contribution in [0, 0.1) is 11.8 Å². The molecule has 1 aliphatic carbocycles. The van der Waals surface area contributed by atoms with E-state index in [1.54, 1.807) is 11.8 Å². The van der Waals surface area contributed by atoms with Gasteiger partial charge in [-0.2, -0.15) is 11.8 Å². The standard InChI is InChI=1S/C32H50N4O4S2/c1-32(2,3)40-31(39)36-23-42-22-28(36)30(38)34-27(21-41-20-26-12-8-5-9-13-26)29(37)33-18-24-14-16-35(17-15-24)19-25-10-6-4-7-11-25/h4,6-7,10-11,24,26-28H,5,8-9,12-23H2,1-3H3,(H,33,37)(H,34,38)/t27?,28-/m0/s1. The highest BCUT2D eigenvalue weighted by atomic mass is 32.2. The quantitative estimate of drug-likeness (QED) is 0.356. The molecule has 3 fully saturated rings. The van der Waals surface area contributed by atoms with Gasteiger partial charge in [0.1, 0.15) is 17.7 Å². The summed E-state index contributed by atoms with van der Waals surface area (Å²) < 4.78 is 5.54. The lowest BCUT2D eigenvalue weighted by atomic mass is 9.91. The zero-order chi connectivity index (χ0) is 30.0. The van der Waals surface area contributed by atoms with Crippen molar-refractivity contribution in [3.63, 3.8) is 0 Å². The van der Waals surface area contributed by atoms with Crippen LogP contribution in [0.1, 0.15) is 71.3 Å². The van der Waals surface area contributed by atoms with Crippen molar-refractivity contribution in [2.75, 3.05) is 42.8 Å². The molecule has 0 spiro atoms. The highest BCUT2D eigenvalue weighted by molar-refractivity contribution is 7.99. The highest BCUT2D eigenvalue weighted by Crippen LogP contribution is 2.28. The number of thioether (sulfide) groups is 2. The minimum absolute atomic E-state index is 0.124. The Labute approximate surface area is 260 Å². The van der Waals surface area contributed by atoms with Crippen LogP contribution in [-0.2, 0) is 20.9 Å². The van der Waals surface area contributed by atoms with Crippen molar-refractivity contribution in [3.05, 3.63) is 35.9 Å². The predicted molar refractivity (Wildman–Crippen MR) is 172 cm³/mol. The van der Waals surface area contributed by atoms with E-state index in [-0.39, 0.29) is 11.8 Å². The van der Waals surface area contributed by atoms with E-state index in [0.29, 0.717) is 35.8 Å². The van der Waals surface area contributed by atoms with E-state index in [2.05, 4.69) is 39.8 Å². The van der Waals surface area contributed by atoms with Gasteiger partial charge in [-0.3, -0.25) is 19.4 Å². The molecule has 2 atom stereocenters. The molecule has 2 aliphatic heterocycles. The third kappa shape index (κ3) is 10.7. The number of piperidine rings is 1. The number of hydrogen-bond donors (Lipinski definition) is 2. The zero-order valence-corrected chi connectivity index (χ0v) is 27.3. The van der Waals surface area contributed by atoms with Crippen LogP contribution in [0.4, 0.5) is 4.79 Å². The Kier molecular flexibility index (Phi) is 12.8. The second-order valence-electron chi connectivity index (χ2n) is 13.0. The van der Waals surface area contributed by atoms with Crippen LogP contribution < -0.4 is 10.6 Å². The van der Waals surface area contributed by atoms with E-state index >= 15 is 0 Å². The summed E-state index contributed by atoms with van der Waals surface area (Å²) >= 11 is 3.29. The summed E-state index contributed by atoms with van der Waals surface area (Å²) in [7, 11) is 0. The van der Waals surface area contributed by atoms with E-state index in [4.69, 9.17) is 4.74 Å². The molecule has 2 saturated heterocycles. The first-order valence-electron chi connectivity index (χ1n) is 15.7. The van der Waals surface area contributed by atoms with E-state index in [1.807, 2.05) is 26.8 Å². The third-order valence-electron chi connectivity index (χ3n) is 8.33. The number of hydrogen-bond acceptors (Lipinski definition) is 7. The molecule has 2 heterocycles. The molecular weight excluding hydrogens is 569 g/mol. The number of nitrogens with zero attached hydrogens (tertiary/aromatic N) is 2. The van der Waals surface area contributed by atoms with Gasteiger partial charge in [-0.15, -0.1) is 11.8 Å². The van der Waals surface area contributed by atoms with Gasteiger partial charge < -0.3 is 15.4 Å². The van der Waals surface area contributed by atoms with Crippen LogP contribution in [0.5, 0.6) is 0 Å². The minimum atomic E-state index is -0.641. The molecule has 8 nitrogen and oxygen atoms in total. The van der Waals surface area contributed by atoms with Crippen molar-refractivity contribution in [2.45, 2.75) is 89.9 Å². The maximum absolute atomic E-state index is 13.5. The van der Waals surface area contributed by atoms with Crippen LogP contribution in [-0.4, -0.2) is 88.2 Å². The first-order valence-corrected chi connectivity index (χ1v) is 18.0. The second-order valence-corrected chi connectivity index (χ2v) is 15.1. The molecule has 1 saturated carbocycles. The number of carbonyl (C=O) groups excluding carboxylic acids is 3. The predicted octanol–water partition coefficient (Wildman–Crippen LogP) is 5.12. The lowest BCUT2D eigenvalue weighted by molar-refractivity contribution is -0.130. The fraction of sp³-hybridized carbons (Fsp3) is 0.719. The largest absolute Gasteiger partial charge is 0.444 e. The molecule has 1 aromatic carbocycles. The van der Waals surface area contributed by atoms with Crippen molar-refractivity contribution in [1.29, 1.82) is 0 Å². The molecule has 42 heavy (non-hydrogen) atoms. The number of likely N-dealkylation sites (tertiary alicyclic amines) is 1. The molecule has 0 aromatic heterocycles. The monoisotopic (exact) mass is 618 g/mol. The average molecular weight is 619 g/mol. The third-order valence-corrected chi connectivity index (χ3v) is 10.6. The SMILES string of the molecule is CC(C)(C)OC(=O)N1CSC[C@H]1C(=O)NC(CSCC1CCCCC1)C(=O)NCC1CCN(Cc2ccccc2)CC1. The highest BCUT2D eigenvalue weighted by Gasteiger charge is 2.38. The maximum Gasteiger partial charge on any atom is 0.411 e. The van der Waals surface area contributed by atoms with Gasteiger partial charge >= 0.3 is 6.09 Å². The number of amides is 3. The fourth-order valence-electron chi connectivity index (χ4n) is 5.88. The van der Waals surface area contributed by atoms with Crippen molar-refractivity contribution in [3.8, 4) is 0 Å². The molecule has 0 bridgehead atoms. The van der Waals surface area contributed by atoms with Gasteiger partial charge in [-0.1, -0.05) is 49.6 Å². The number of carbonyl (C=O) groups is 3. The van der Waals surface area contributed by atoms with E-state index < -0.39 is 23.8 Å². The Morgan fingerprint density at radius 3 is 2.43 bits per heavy atom. The molecule has 1 aromatic rings. The van der Waals surface area contributed by atoms with E-state index in [0.717, 1.165) is 38.2 Å². The Bertz CT molecular complexity index is 1010. The summed E-state index contributed by atoms with van der Waals surface area (Å²) in [5.74, 6) is 3.18. The molecule has 234 valence electrons. The zero-order valence-electron chi connectivity index (χ0n) is 25.6. The molecule has 3 amide bonds. The van der Waals surface area contributed by atoms with Crippen LogP contribution in [0.2, 0.25) is 0 Å². The number of benzene rings is 1. The first-order chi connectivity index (χ1) is 20.2. The summed E-state index contributed by atoms with van der Waals surface area (Å²) in [6.07, 6.45) is 8.01. The molecule has 4 rings (SSSR count). The Balaban J connectivity index is 1.29. The summed E-state index contributed by atoms with van der Waals surface area (Å²) in [5.41, 5.74) is 0.695. The molecule has 2 N–H and O–H groups in total. The van der Waals surface area contributed by atoms with Crippen molar-refractivity contribution >= 4 is 41.4 Å². The first kappa shape index (κ1) is 33.0. The molecule has 1 unspecified atom stereocenters. The fourth-order valence-corrected chi connectivity index (χ4v) is 8.29. The normalized spacial score (nSPS) is 21.6. The van der Waals surface area contributed by atoms with Crippen LogP contribution in [0.15, 0.2) is 30.3 Å². The van der Waals surface area contributed by atoms with Gasteiger partial charge in [0.15, 0.2) is 0 Å². The van der Waals surface area contributed by atoms with Crippen molar-refractivity contribution in [2.24, 2.45) is 11.8 Å². The Morgan fingerprint density at radius 2 is 1.74 bits per heavy atom. The van der Waals surface area contributed by atoms with Gasteiger partial charge in [-0.25, -0.2) is 4.79 Å². The second kappa shape index (κ2) is 16.2. The summed E-state index contributed by atoms with van der Waals surface area (Å²) in [4.78, 5) is 43.6. The van der Waals surface area contributed by atoms with E-state index in [1.165, 1.54) is 54.3 Å². The summed E-state index contributed by atoms with van der Waals surface area (Å²) in [5, 5.41) is 6.19. The van der Waals surface area contributed by atoms with Gasteiger partial charge in [0.2, 0.25) is 11.8 Å². The number of nitrogens with one attached hydrogen (secondary N) is 2. The lowest BCUT2D eigenvalue weighted by Gasteiger charge is -2.32. The minimum Gasteiger partial charge on any atom is -0.444 e. The number of rotatable bonds is 11. The molecule has 3 aliphatic rings. The van der Waals surface area contributed by atoms with Crippen molar-refractivity contribution < 1.29 is 19.1 Å². The molecule has 10 heteroatoms. The lowest BCUT2D eigenvalue weighted by Crippen LogP contribution is -2.55. The van der Waals surface area contributed by atoms with Gasteiger partial charge in [0.25, 0.3) is 0 Å². The van der Waals surface area contributed by atoms with Gasteiger partial charge in [-0.05, 0) is 82.7 Å². The van der Waals surface area contributed by atoms with Crippen LogP contribution in [0.3, 0.4) is 0 Å². The van der Waals surface area contributed by atoms with Gasteiger partial charge in [0.05, 0.1) is 5.88 Å². The van der Waals surface area contributed by atoms with E-state index in [9.17, 15) is 14.4 Å². The average Bonchev–Trinajstić information content (AvgIpc) is 3.47. The molecular formula is C32H50N4O4S2. The summed E-state index contributed by atoms with van der Waals surface area (Å²) in [6, 6.07) is 9.29. The van der Waals surface area contributed by atoms with Crippen molar-refractivity contribution in [1.82, 2.24) is 20.4 Å². The number of ether oxygens (including phenoxy) is 1. The smallest absolute Gasteiger partial charge is 0.411 e.